The molecule has 1 N–H and O–H groups in total. The molecular formula is C7H7N2O2. The molecule has 0 spiro atoms. The topological polar surface area (TPSA) is 61.9 Å². The van der Waals surface area contributed by atoms with Crippen molar-refractivity contribution in [3.05, 3.63) is 30.1 Å². The predicted octanol–water partition coefficient (Wildman–Crippen LogP) is 0.722. The molecule has 0 atom stereocenters. The van der Waals surface area contributed by atoms with E-state index in [-0.39, 0.29) is 6.54 Å². The van der Waals surface area contributed by atoms with Crippen LogP contribution in [-0.2, 0) is 11.7 Å². The molecule has 0 saturated carbocycles. The van der Waals surface area contributed by atoms with Crippen molar-refractivity contribution in [3.8, 4) is 0 Å². The predicted molar refractivity (Wildman–Crippen MR) is 37.2 cm³/mol. The van der Waals surface area contributed by atoms with E-state index < -0.39 is 6.09 Å². The quantitative estimate of drug-likeness (QED) is 0.676. The molecule has 0 unspecified atom stereocenters. The normalized spacial score (nSPS) is 9.09. The van der Waals surface area contributed by atoms with E-state index in [9.17, 15) is 9.90 Å². The lowest BCUT2D eigenvalue weighted by Crippen LogP contribution is -2.19. The number of carbonyl (C=O) groups is 1. The molecule has 1 radical (unpaired) electrons. The first kappa shape index (κ1) is 7.53. The van der Waals surface area contributed by atoms with Crippen LogP contribution in [0.15, 0.2) is 24.4 Å². The van der Waals surface area contributed by atoms with E-state index in [0.29, 0.717) is 5.69 Å². The van der Waals surface area contributed by atoms with Crippen LogP contribution in [-0.4, -0.2) is 11.1 Å². The van der Waals surface area contributed by atoms with E-state index in [4.69, 9.17) is 0 Å². The molecule has 1 aromatic rings. The maximum atomic E-state index is 9.92. The van der Waals surface area contributed by atoms with E-state index in [1.807, 2.05) is 0 Å². The van der Waals surface area contributed by atoms with E-state index in [2.05, 4.69) is 10.3 Å². The summed E-state index contributed by atoms with van der Waals surface area (Å²) in [4.78, 5) is 13.8. The van der Waals surface area contributed by atoms with Crippen molar-refractivity contribution in [2.75, 3.05) is 0 Å². The van der Waals surface area contributed by atoms with Crippen LogP contribution in [0.4, 0.5) is 4.79 Å². The van der Waals surface area contributed by atoms with Crippen molar-refractivity contribution in [2.24, 2.45) is 0 Å². The lowest BCUT2D eigenvalue weighted by molar-refractivity contribution is 0.168. The summed E-state index contributed by atoms with van der Waals surface area (Å²) in [6.45, 7) is 0.198. The number of aromatic nitrogens is 1. The highest BCUT2D eigenvalue weighted by Gasteiger charge is 1.96. The van der Waals surface area contributed by atoms with Crippen molar-refractivity contribution in [2.45, 2.75) is 6.54 Å². The summed E-state index contributed by atoms with van der Waals surface area (Å²) in [7, 11) is 0. The lowest BCUT2D eigenvalue weighted by atomic mass is 10.3. The summed E-state index contributed by atoms with van der Waals surface area (Å²) >= 11 is 0. The van der Waals surface area contributed by atoms with Gasteiger partial charge in [0.15, 0.2) is 0 Å². The Morgan fingerprint density at radius 3 is 2.91 bits per heavy atom. The molecule has 1 aromatic heterocycles. The number of nitrogens with zero attached hydrogens (tertiary/aromatic N) is 1. The number of nitrogens with one attached hydrogen (secondary N) is 1. The summed E-state index contributed by atoms with van der Waals surface area (Å²) in [6, 6.07) is 5.29. The third-order valence-corrected chi connectivity index (χ3v) is 1.14. The molecule has 1 heterocycles. The third kappa shape index (κ3) is 2.66. The second-order valence-corrected chi connectivity index (χ2v) is 1.96. The van der Waals surface area contributed by atoms with Gasteiger partial charge in [0.05, 0.1) is 12.2 Å². The maximum Gasteiger partial charge on any atom is 0.450 e. The molecule has 0 aliphatic rings. The Bertz CT molecular complexity index is 235. The maximum absolute atomic E-state index is 9.92. The van der Waals surface area contributed by atoms with Gasteiger partial charge in [0.1, 0.15) is 0 Å². The van der Waals surface area contributed by atoms with Crippen molar-refractivity contribution in [1.82, 2.24) is 10.3 Å². The number of hydrogen-bond acceptors (Lipinski definition) is 2. The molecule has 1 rings (SSSR count). The van der Waals surface area contributed by atoms with Crippen LogP contribution in [0, 0.1) is 0 Å². The molecule has 0 saturated heterocycles. The SMILES string of the molecule is [O]C(=O)NCc1ccccn1. The number of pyridine rings is 1. The van der Waals surface area contributed by atoms with Crippen LogP contribution >= 0.6 is 0 Å². The summed E-state index contributed by atoms with van der Waals surface area (Å²) < 4.78 is 0. The van der Waals surface area contributed by atoms with Gasteiger partial charge < -0.3 is 5.32 Å². The van der Waals surface area contributed by atoms with Crippen molar-refractivity contribution >= 4 is 6.09 Å². The lowest BCUT2D eigenvalue weighted by Gasteiger charge is -1.96. The van der Waals surface area contributed by atoms with Crippen LogP contribution in [0.1, 0.15) is 5.69 Å². The highest BCUT2D eigenvalue weighted by atomic mass is 16.4. The fourth-order valence-corrected chi connectivity index (χ4v) is 0.665. The first-order valence-corrected chi connectivity index (χ1v) is 3.14. The second-order valence-electron chi connectivity index (χ2n) is 1.96. The van der Waals surface area contributed by atoms with Gasteiger partial charge in [-0.25, -0.2) is 9.90 Å². The van der Waals surface area contributed by atoms with E-state index >= 15 is 0 Å². The number of amides is 1. The van der Waals surface area contributed by atoms with Crippen LogP contribution in [0.25, 0.3) is 0 Å². The molecule has 57 valence electrons. The fourth-order valence-electron chi connectivity index (χ4n) is 0.665. The van der Waals surface area contributed by atoms with Crippen LogP contribution in [0.5, 0.6) is 0 Å². The monoisotopic (exact) mass is 151 g/mol. The molecule has 0 bridgehead atoms. The summed E-state index contributed by atoms with van der Waals surface area (Å²) in [5, 5.41) is 12.0. The van der Waals surface area contributed by atoms with Crippen LogP contribution < -0.4 is 5.32 Å². The van der Waals surface area contributed by atoms with Gasteiger partial charge in [0.25, 0.3) is 0 Å². The van der Waals surface area contributed by atoms with Gasteiger partial charge in [-0.15, -0.1) is 0 Å². The molecule has 4 heteroatoms. The zero-order chi connectivity index (χ0) is 8.10. The number of rotatable bonds is 2. The average Bonchev–Trinajstić information content (AvgIpc) is 2.03. The Morgan fingerprint density at radius 2 is 2.36 bits per heavy atom. The van der Waals surface area contributed by atoms with Crippen molar-refractivity contribution in [1.29, 1.82) is 0 Å². The Balaban J connectivity index is 2.45. The summed E-state index contributed by atoms with van der Waals surface area (Å²) in [6.07, 6.45) is 0.322. The smallest absolute Gasteiger partial charge is 0.313 e. The Labute approximate surface area is 63.9 Å². The minimum Gasteiger partial charge on any atom is -0.313 e. The molecule has 4 nitrogen and oxygen atoms in total. The highest BCUT2D eigenvalue weighted by molar-refractivity contribution is 5.63. The molecule has 0 aromatic carbocycles. The zero-order valence-electron chi connectivity index (χ0n) is 5.78. The van der Waals surface area contributed by atoms with Gasteiger partial charge in [-0.1, -0.05) is 6.07 Å². The largest absolute Gasteiger partial charge is 0.450 e. The standard InChI is InChI=1S/C7H7N2O2/c10-7(11)9-5-6-3-1-2-4-8-6/h1-4,9H,5H2. The molecule has 1 amide bonds. The molecule has 0 fully saturated rings. The van der Waals surface area contributed by atoms with Crippen LogP contribution in [0.2, 0.25) is 0 Å². The van der Waals surface area contributed by atoms with Gasteiger partial charge in [-0.05, 0) is 12.1 Å². The fraction of sp³-hybridized carbons (Fsp3) is 0.143. The molecular weight excluding hydrogens is 144 g/mol. The van der Waals surface area contributed by atoms with Gasteiger partial charge in [0.2, 0.25) is 0 Å². The summed E-state index contributed by atoms with van der Waals surface area (Å²) in [5.41, 5.74) is 0.678. The van der Waals surface area contributed by atoms with Gasteiger partial charge >= 0.3 is 6.09 Å². The van der Waals surface area contributed by atoms with Gasteiger partial charge in [-0.2, -0.15) is 0 Å². The minimum absolute atomic E-state index is 0.198. The second kappa shape index (κ2) is 3.55. The van der Waals surface area contributed by atoms with Crippen molar-refractivity contribution in [3.63, 3.8) is 0 Å². The third-order valence-electron chi connectivity index (χ3n) is 1.14. The van der Waals surface area contributed by atoms with Gasteiger partial charge in [-0.3, -0.25) is 4.98 Å². The van der Waals surface area contributed by atoms with E-state index in [1.165, 1.54) is 0 Å². The first-order chi connectivity index (χ1) is 5.29. The number of carbonyl (C=O) groups excluding carboxylic acids is 1. The average molecular weight is 151 g/mol. The molecule has 0 aliphatic heterocycles. The van der Waals surface area contributed by atoms with Crippen molar-refractivity contribution < 1.29 is 9.90 Å². The minimum atomic E-state index is -1.28. The molecule has 0 aliphatic carbocycles. The van der Waals surface area contributed by atoms with Crippen LogP contribution in [0.3, 0.4) is 0 Å². The highest BCUT2D eigenvalue weighted by Crippen LogP contribution is 1.91. The first-order valence-electron chi connectivity index (χ1n) is 3.14. The Kier molecular flexibility index (Phi) is 2.43. The van der Waals surface area contributed by atoms with E-state index in [0.717, 1.165) is 0 Å². The van der Waals surface area contributed by atoms with Gasteiger partial charge in [0, 0.05) is 6.20 Å². The van der Waals surface area contributed by atoms with E-state index in [1.54, 1.807) is 24.4 Å². The Morgan fingerprint density at radius 1 is 1.55 bits per heavy atom. The number of hydrogen-bond donors (Lipinski definition) is 1. The molecule has 11 heavy (non-hydrogen) atoms. The summed E-state index contributed by atoms with van der Waals surface area (Å²) in [5.74, 6) is 0. The zero-order valence-corrected chi connectivity index (χ0v) is 5.78. The Hall–Kier alpha value is -1.58.